The zero-order valence-corrected chi connectivity index (χ0v) is 14.5. The predicted molar refractivity (Wildman–Crippen MR) is 96.9 cm³/mol. The van der Waals surface area contributed by atoms with E-state index in [0.717, 1.165) is 29.4 Å². The second-order valence-electron chi connectivity index (χ2n) is 5.06. The molecular formula is C16H23Cl2N3O. The number of hydrogen-bond acceptors (Lipinski definition) is 3. The summed E-state index contributed by atoms with van der Waals surface area (Å²) < 4.78 is 0. The zero-order valence-electron chi connectivity index (χ0n) is 12.8. The molecular weight excluding hydrogens is 321 g/mol. The van der Waals surface area contributed by atoms with Crippen LogP contribution in [-0.2, 0) is 4.79 Å². The van der Waals surface area contributed by atoms with E-state index in [1.807, 2.05) is 44.2 Å². The van der Waals surface area contributed by atoms with Crippen LogP contribution in [0.5, 0.6) is 0 Å². The van der Waals surface area contributed by atoms with Crippen LogP contribution in [0.25, 0.3) is 10.9 Å². The molecule has 6 heteroatoms. The first-order valence-corrected chi connectivity index (χ1v) is 7.01. The number of nitrogens with two attached hydrogens (primary N) is 1. The van der Waals surface area contributed by atoms with Gasteiger partial charge in [0.25, 0.3) is 0 Å². The number of carbonyl (C=O) groups excluding carboxylic acids is 1. The molecule has 0 aliphatic heterocycles. The molecule has 0 saturated heterocycles. The van der Waals surface area contributed by atoms with Crippen LogP contribution >= 0.6 is 24.8 Å². The number of nitrogens with zero attached hydrogens (tertiary/aromatic N) is 1. The van der Waals surface area contributed by atoms with Gasteiger partial charge in [0.05, 0.1) is 10.9 Å². The van der Waals surface area contributed by atoms with Gasteiger partial charge in [-0.25, -0.2) is 0 Å². The third-order valence-electron chi connectivity index (χ3n) is 4.09. The van der Waals surface area contributed by atoms with Gasteiger partial charge in [-0.15, -0.1) is 24.8 Å². The van der Waals surface area contributed by atoms with Gasteiger partial charge in [-0.05, 0) is 37.1 Å². The van der Waals surface area contributed by atoms with Gasteiger partial charge >= 0.3 is 0 Å². The van der Waals surface area contributed by atoms with Crippen molar-refractivity contribution in [3.63, 3.8) is 0 Å². The van der Waals surface area contributed by atoms with Crippen molar-refractivity contribution in [2.45, 2.75) is 26.7 Å². The number of benzene rings is 1. The smallest absolute Gasteiger partial charge is 0.231 e. The van der Waals surface area contributed by atoms with Crippen molar-refractivity contribution in [2.24, 2.45) is 11.1 Å². The monoisotopic (exact) mass is 343 g/mol. The lowest BCUT2D eigenvalue weighted by Gasteiger charge is -2.28. The summed E-state index contributed by atoms with van der Waals surface area (Å²) in [6.07, 6.45) is 3.23. The van der Waals surface area contributed by atoms with E-state index in [4.69, 9.17) is 5.73 Å². The fourth-order valence-corrected chi connectivity index (χ4v) is 2.37. The summed E-state index contributed by atoms with van der Waals surface area (Å²) in [5.74, 6) is -0.00626. The highest BCUT2D eigenvalue weighted by Gasteiger charge is 2.33. The van der Waals surface area contributed by atoms with Gasteiger partial charge in [-0.1, -0.05) is 19.9 Å². The van der Waals surface area contributed by atoms with E-state index in [1.54, 1.807) is 6.20 Å². The number of pyridine rings is 1. The third kappa shape index (κ3) is 4.09. The number of anilines is 1. The minimum atomic E-state index is -0.482. The Morgan fingerprint density at radius 2 is 1.91 bits per heavy atom. The summed E-state index contributed by atoms with van der Waals surface area (Å²) in [6, 6.07) is 9.59. The Bertz CT molecular complexity index is 607. The molecule has 3 N–H and O–H groups in total. The molecule has 0 spiro atoms. The Hall–Kier alpha value is -1.36. The van der Waals surface area contributed by atoms with Crippen molar-refractivity contribution in [1.29, 1.82) is 0 Å². The number of amides is 1. The Morgan fingerprint density at radius 3 is 2.50 bits per heavy atom. The molecule has 2 rings (SSSR count). The summed E-state index contributed by atoms with van der Waals surface area (Å²) in [6.45, 7) is 4.36. The maximum absolute atomic E-state index is 12.5. The molecule has 0 aliphatic rings. The molecule has 0 radical (unpaired) electrons. The maximum atomic E-state index is 12.5. The van der Waals surface area contributed by atoms with E-state index in [9.17, 15) is 4.79 Å². The Balaban J connectivity index is 0.00000220. The Kier molecular flexibility index (Phi) is 8.38. The topological polar surface area (TPSA) is 68.0 Å². The predicted octanol–water partition coefficient (Wildman–Crippen LogP) is 3.78. The number of nitrogens with one attached hydrogen (secondary N) is 1. The van der Waals surface area contributed by atoms with Crippen LogP contribution in [0.2, 0.25) is 0 Å². The van der Waals surface area contributed by atoms with Gasteiger partial charge in [0.1, 0.15) is 0 Å². The summed E-state index contributed by atoms with van der Waals surface area (Å²) in [5.41, 5.74) is 7.03. The second kappa shape index (κ2) is 8.93. The van der Waals surface area contributed by atoms with Gasteiger partial charge in [0.2, 0.25) is 5.91 Å². The van der Waals surface area contributed by atoms with Crippen molar-refractivity contribution in [1.82, 2.24) is 4.98 Å². The molecule has 22 heavy (non-hydrogen) atoms. The molecule has 1 amide bonds. The van der Waals surface area contributed by atoms with Gasteiger partial charge < -0.3 is 11.1 Å². The first kappa shape index (κ1) is 20.6. The van der Waals surface area contributed by atoms with Gasteiger partial charge in [0.15, 0.2) is 0 Å². The highest BCUT2D eigenvalue weighted by molar-refractivity contribution is 5.97. The van der Waals surface area contributed by atoms with Gasteiger partial charge in [-0.2, -0.15) is 0 Å². The standard InChI is InChI=1S/C16H21N3O.2ClH/c1-3-16(4-2,11-17)15(20)19-13-7-8-14-12(10-13)6-5-9-18-14;;/h5-10H,3-4,11,17H2,1-2H3,(H,19,20);2*1H. The largest absolute Gasteiger partial charge is 0.329 e. The maximum Gasteiger partial charge on any atom is 0.231 e. The summed E-state index contributed by atoms with van der Waals surface area (Å²) in [7, 11) is 0. The average Bonchev–Trinajstić information content (AvgIpc) is 2.49. The first-order chi connectivity index (χ1) is 9.65. The number of halogens is 2. The number of rotatable bonds is 5. The van der Waals surface area contributed by atoms with E-state index in [2.05, 4.69) is 10.3 Å². The van der Waals surface area contributed by atoms with Crippen molar-refractivity contribution in [2.75, 3.05) is 11.9 Å². The fourth-order valence-electron chi connectivity index (χ4n) is 2.37. The van der Waals surface area contributed by atoms with Crippen molar-refractivity contribution < 1.29 is 4.79 Å². The molecule has 0 fully saturated rings. The van der Waals surface area contributed by atoms with Crippen LogP contribution in [0.4, 0.5) is 5.69 Å². The van der Waals surface area contributed by atoms with Crippen molar-refractivity contribution >= 4 is 47.3 Å². The van der Waals surface area contributed by atoms with E-state index in [0.29, 0.717) is 6.54 Å². The highest BCUT2D eigenvalue weighted by atomic mass is 35.5. The normalized spacial score (nSPS) is 10.5. The van der Waals surface area contributed by atoms with E-state index >= 15 is 0 Å². The second-order valence-corrected chi connectivity index (χ2v) is 5.06. The molecule has 0 aliphatic carbocycles. The van der Waals surface area contributed by atoms with Gasteiger partial charge in [-0.3, -0.25) is 9.78 Å². The summed E-state index contributed by atoms with van der Waals surface area (Å²) >= 11 is 0. The van der Waals surface area contributed by atoms with E-state index < -0.39 is 5.41 Å². The summed E-state index contributed by atoms with van der Waals surface area (Å²) in [4.78, 5) is 16.7. The first-order valence-electron chi connectivity index (χ1n) is 7.01. The van der Waals surface area contributed by atoms with Crippen LogP contribution < -0.4 is 11.1 Å². The molecule has 1 aromatic carbocycles. The number of fused-ring (bicyclic) bond motifs is 1. The average molecular weight is 344 g/mol. The van der Waals surface area contributed by atoms with E-state index in [-0.39, 0.29) is 30.7 Å². The van der Waals surface area contributed by atoms with Crippen LogP contribution in [0.15, 0.2) is 36.5 Å². The number of hydrogen-bond donors (Lipinski definition) is 2. The fraction of sp³-hybridized carbons (Fsp3) is 0.375. The van der Waals surface area contributed by atoms with Crippen molar-refractivity contribution in [3.05, 3.63) is 36.5 Å². The molecule has 0 unspecified atom stereocenters. The van der Waals surface area contributed by atoms with Crippen LogP contribution in [0, 0.1) is 5.41 Å². The van der Waals surface area contributed by atoms with Gasteiger partial charge in [0, 0.05) is 23.8 Å². The number of aromatic nitrogens is 1. The van der Waals surface area contributed by atoms with Crippen LogP contribution in [-0.4, -0.2) is 17.4 Å². The molecule has 1 aromatic heterocycles. The lowest BCUT2D eigenvalue weighted by Crippen LogP contribution is -2.41. The number of carbonyl (C=O) groups is 1. The molecule has 4 nitrogen and oxygen atoms in total. The Morgan fingerprint density at radius 1 is 1.23 bits per heavy atom. The Labute approximate surface area is 143 Å². The minimum absolute atomic E-state index is 0. The molecule has 0 saturated carbocycles. The zero-order chi connectivity index (χ0) is 14.6. The summed E-state index contributed by atoms with van der Waals surface area (Å²) in [5, 5.41) is 3.99. The van der Waals surface area contributed by atoms with Crippen molar-refractivity contribution in [3.8, 4) is 0 Å². The lowest BCUT2D eigenvalue weighted by atomic mass is 9.81. The molecule has 0 bridgehead atoms. The van der Waals surface area contributed by atoms with Crippen LogP contribution in [0.3, 0.4) is 0 Å². The quantitative estimate of drug-likeness (QED) is 0.867. The molecule has 1 heterocycles. The molecule has 2 aromatic rings. The van der Waals surface area contributed by atoms with Crippen LogP contribution in [0.1, 0.15) is 26.7 Å². The third-order valence-corrected chi connectivity index (χ3v) is 4.09. The SMILES string of the molecule is CCC(CC)(CN)C(=O)Nc1ccc2ncccc2c1.Cl.Cl. The molecule has 122 valence electrons. The molecule has 0 atom stereocenters. The lowest BCUT2D eigenvalue weighted by molar-refractivity contribution is -0.125. The highest BCUT2D eigenvalue weighted by Crippen LogP contribution is 2.27. The minimum Gasteiger partial charge on any atom is -0.329 e. The van der Waals surface area contributed by atoms with E-state index in [1.165, 1.54) is 0 Å².